The summed E-state index contributed by atoms with van der Waals surface area (Å²) in [7, 11) is -1.53. The first kappa shape index (κ1) is 20.5. The van der Waals surface area contributed by atoms with E-state index < -0.39 is 16.2 Å². The minimum Gasteiger partial charge on any atom is -0.481 e. The zero-order chi connectivity index (χ0) is 19.9. The number of thioether (sulfide) groups is 1. The number of carbonyl (C=O) groups is 1. The van der Waals surface area contributed by atoms with Crippen molar-refractivity contribution < 1.29 is 22.7 Å². The third-order valence-electron chi connectivity index (χ3n) is 3.01. The number of nitrogens with one attached hydrogen (secondary N) is 2. The van der Waals surface area contributed by atoms with E-state index in [1.165, 1.54) is 32.0 Å². The Balaban J connectivity index is 2.09. The number of carbonyl (C=O) groups excluding carboxylic acids is 1. The van der Waals surface area contributed by atoms with Gasteiger partial charge in [0.2, 0.25) is 17.7 Å². The van der Waals surface area contributed by atoms with Crippen molar-refractivity contribution >= 4 is 40.2 Å². The van der Waals surface area contributed by atoms with Crippen LogP contribution in [0.3, 0.4) is 0 Å². The normalized spacial score (nSPS) is 11.2. The lowest BCUT2D eigenvalue weighted by atomic mass is 10.2. The Hall–Kier alpha value is -2.86. The number of hydrogen-bond acceptors (Lipinski definition) is 8. The number of hydrogen-bond donors (Lipinski definition) is 2. The fourth-order valence-corrected chi connectivity index (χ4v) is 3.00. The average Bonchev–Trinajstić information content (AvgIpc) is 2.65. The minimum atomic E-state index is -4.28. The summed E-state index contributed by atoms with van der Waals surface area (Å²) < 4.78 is 39.1. The van der Waals surface area contributed by atoms with E-state index in [-0.39, 0.29) is 17.7 Å². The van der Waals surface area contributed by atoms with Gasteiger partial charge in [0.1, 0.15) is 0 Å². The lowest BCUT2D eigenvalue weighted by Crippen LogP contribution is -2.33. The molecule has 0 radical (unpaired) electrons. The summed E-state index contributed by atoms with van der Waals surface area (Å²) in [4.78, 5) is 20.5. The molecule has 0 aliphatic heterocycles. The molecule has 1 heterocycles. The van der Waals surface area contributed by atoms with E-state index in [2.05, 4.69) is 19.7 Å². The number of ether oxygens (including phenoxy) is 2. The van der Waals surface area contributed by atoms with E-state index >= 15 is 0 Å². The molecule has 0 aliphatic carbocycles. The number of rotatable bonds is 7. The van der Waals surface area contributed by atoms with Crippen molar-refractivity contribution in [1.29, 1.82) is 0 Å². The summed E-state index contributed by atoms with van der Waals surface area (Å²) in [6.07, 6.45) is 3.02. The number of nitrogens with zero attached hydrogens (tertiary/aromatic N) is 3. The molecule has 12 heteroatoms. The molecule has 0 atom stereocenters. The molecular formula is C15H17N5O5S2. The van der Waals surface area contributed by atoms with Gasteiger partial charge in [-0.3, -0.25) is 5.32 Å². The van der Waals surface area contributed by atoms with E-state index in [4.69, 9.17) is 9.47 Å². The van der Waals surface area contributed by atoms with Gasteiger partial charge in [-0.1, -0.05) is 18.2 Å². The number of benzene rings is 1. The van der Waals surface area contributed by atoms with Crippen molar-refractivity contribution in [1.82, 2.24) is 14.7 Å². The predicted octanol–water partition coefficient (Wildman–Crippen LogP) is 1.70. The van der Waals surface area contributed by atoms with Crippen LogP contribution in [0.1, 0.15) is 5.56 Å². The highest BCUT2D eigenvalue weighted by molar-refractivity contribution is 7.98. The smallest absolute Gasteiger partial charge is 0.345 e. The second-order valence-electron chi connectivity index (χ2n) is 4.78. The van der Waals surface area contributed by atoms with Crippen molar-refractivity contribution in [3.05, 3.63) is 35.9 Å². The second-order valence-corrected chi connectivity index (χ2v) is 7.00. The van der Waals surface area contributed by atoms with Gasteiger partial charge in [-0.25, -0.2) is 9.52 Å². The van der Waals surface area contributed by atoms with Gasteiger partial charge in [0, 0.05) is 10.5 Å². The fraction of sp³-hybridized carbons (Fsp3) is 0.200. The topological polar surface area (TPSA) is 132 Å². The molecule has 2 N–H and O–H groups in total. The molecule has 2 aromatic rings. The maximum absolute atomic E-state index is 12.0. The summed E-state index contributed by atoms with van der Waals surface area (Å²) in [5.74, 6) is 0.0639. The third kappa shape index (κ3) is 6.11. The van der Waals surface area contributed by atoms with Gasteiger partial charge < -0.3 is 9.47 Å². The van der Waals surface area contributed by atoms with E-state index in [9.17, 15) is 13.2 Å². The van der Waals surface area contributed by atoms with Crippen LogP contribution < -0.4 is 19.5 Å². The van der Waals surface area contributed by atoms with Crippen LogP contribution in [0.4, 0.5) is 10.7 Å². The number of urea groups is 1. The Morgan fingerprint density at radius 1 is 1.19 bits per heavy atom. The summed E-state index contributed by atoms with van der Waals surface area (Å²) in [5.41, 5.74) is 0.608. The molecule has 144 valence electrons. The van der Waals surface area contributed by atoms with Crippen LogP contribution in [0.15, 0.2) is 39.6 Å². The average molecular weight is 411 g/mol. The third-order valence-corrected chi connectivity index (χ3v) is 4.65. The number of aromatic nitrogens is 2. The highest BCUT2D eigenvalue weighted by atomic mass is 32.2. The largest absolute Gasteiger partial charge is 0.481 e. The Kier molecular flexibility index (Phi) is 6.96. The zero-order valence-corrected chi connectivity index (χ0v) is 16.3. The molecule has 27 heavy (non-hydrogen) atoms. The zero-order valence-electron chi connectivity index (χ0n) is 14.7. The van der Waals surface area contributed by atoms with Crippen molar-refractivity contribution in [3.8, 4) is 11.8 Å². The lowest BCUT2D eigenvalue weighted by molar-refractivity contribution is 0.256. The molecule has 1 aromatic heterocycles. The van der Waals surface area contributed by atoms with Gasteiger partial charge in [0.15, 0.2) is 0 Å². The van der Waals surface area contributed by atoms with E-state index in [1.54, 1.807) is 16.9 Å². The Morgan fingerprint density at radius 2 is 1.81 bits per heavy atom. The van der Waals surface area contributed by atoms with E-state index in [0.29, 0.717) is 5.56 Å². The minimum absolute atomic E-state index is 0.131. The Bertz CT molecular complexity index is 927. The molecule has 0 bridgehead atoms. The molecule has 0 saturated heterocycles. The number of methoxy groups -OCH3 is 2. The predicted molar refractivity (Wildman–Crippen MR) is 102 cm³/mol. The summed E-state index contributed by atoms with van der Waals surface area (Å²) in [6.45, 7) is 0. The monoisotopic (exact) mass is 411 g/mol. The molecule has 1 aromatic carbocycles. The SMILES string of the molecule is COc1cc(OC)nc(NC(=O)NS(=O)(=O)N=Cc2ccccc2SC)n1. The van der Waals surface area contributed by atoms with Gasteiger partial charge in [-0.2, -0.15) is 22.8 Å². The lowest BCUT2D eigenvalue weighted by Gasteiger charge is -2.08. The molecule has 2 amide bonds. The highest BCUT2D eigenvalue weighted by Gasteiger charge is 2.15. The molecule has 0 aliphatic rings. The summed E-state index contributed by atoms with van der Waals surface area (Å²) >= 11 is 1.44. The maximum atomic E-state index is 12.0. The number of anilines is 1. The first-order chi connectivity index (χ1) is 12.9. The van der Waals surface area contributed by atoms with Gasteiger partial charge in [-0.15, -0.1) is 11.8 Å². The summed E-state index contributed by atoms with van der Waals surface area (Å²) in [6, 6.07) is 7.43. The van der Waals surface area contributed by atoms with Crippen LogP contribution in [-0.2, 0) is 10.2 Å². The van der Waals surface area contributed by atoms with E-state index in [0.717, 1.165) is 11.1 Å². The Labute approximate surface area is 160 Å². The summed E-state index contributed by atoms with van der Waals surface area (Å²) in [5, 5.41) is 2.18. The quantitative estimate of drug-likeness (QED) is 0.520. The van der Waals surface area contributed by atoms with Crippen LogP contribution in [0.5, 0.6) is 11.8 Å². The van der Waals surface area contributed by atoms with Gasteiger partial charge in [0.25, 0.3) is 0 Å². The van der Waals surface area contributed by atoms with Crippen LogP contribution in [0.25, 0.3) is 0 Å². The van der Waals surface area contributed by atoms with E-state index in [1.807, 2.05) is 18.4 Å². The fourth-order valence-electron chi connectivity index (χ4n) is 1.84. The first-order valence-electron chi connectivity index (χ1n) is 7.36. The molecule has 2 rings (SSSR count). The van der Waals surface area contributed by atoms with Crippen molar-refractivity contribution in [2.45, 2.75) is 4.90 Å². The Morgan fingerprint density at radius 3 is 2.41 bits per heavy atom. The van der Waals surface area contributed by atoms with Crippen LogP contribution in [0.2, 0.25) is 0 Å². The number of amides is 2. The first-order valence-corrected chi connectivity index (χ1v) is 10.0. The molecular weight excluding hydrogens is 394 g/mol. The maximum Gasteiger partial charge on any atom is 0.345 e. The molecule has 0 saturated carbocycles. The van der Waals surface area contributed by atoms with Crippen molar-refractivity contribution in [3.63, 3.8) is 0 Å². The van der Waals surface area contributed by atoms with Crippen molar-refractivity contribution in [2.24, 2.45) is 4.40 Å². The molecule has 0 unspecified atom stereocenters. The molecule has 10 nitrogen and oxygen atoms in total. The second kappa shape index (κ2) is 9.19. The standard InChI is InChI=1S/C15H17N5O5S2/c1-24-12-8-13(25-2)18-14(17-12)19-15(21)20-27(22,23)16-9-10-6-4-5-7-11(10)26-3/h4-9H,1-3H3,(H2,17,18,19,20,21). The molecule has 0 spiro atoms. The highest BCUT2D eigenvalue weighted by Crippen LogP contribution is 2.18. The van der Waals surface area contributed by atoms with Gasteiger partial charge in [-0.05, 0) is 12.3 Å². The van der Waals surface area contributed by atoms with Gasteiger partial charge >= 0.3 is 16.2 Å². The van der Waals surface area contributed by atoms with Crippen molar-refractivity contribution in [2.75, 3.05) is 25.8 Å². The van der Waals surface area contributed by atoms with Crippen LogP contribution in [-0.4, -0.2) is 51.1 Å². The van der Waals surface area contributed by atoms with Gasteiger partial charge in [0.05, 0.1) is 26.5 Å². The van der Waals surface area contributed by atoms with Crippen LogP contribution >= 0.6 is 11.8 Å². The molecule has 0 fully saturated rings. The van der Waals surface area contributed by atoms with Crippen LogP contribution in [0, 0.1) is 0 Å².